The van der Waals surface area contributed by atoms with E-state index < -0.39 is 134 Å². The number of hydrogen-bond acceptors (Lipinski definition) is 6. The van der Waals surface area contributed by atoms with Gasteiger partial charge in [0.2, 0.25) is 0 Å². The normalized spacial score (nSPS) is 46.1. The molecular weight excluding hydrogens is 958 g/mol. The molecule has 0 amide bonds. The Kier molecular flexibility index (Phi) is 13.2. The molecule has 8 fully saturated rings. The van der Waals surface area contributed by atoms with Gasteiger partial charge in [0, 0.05) is 25.7 Å². The van der Waals surface area contributed by atoms with E-state index in [2.05, 4.69) is 0 Å². The SMILES string of the molecule is C[C@@]12C[C@]3(C(F)(F)F)O[C@@](C)(C[C@](C(F)(F)F)(O1)P3CCCP1[C@]3(C(F)(F)F)C[C@@]4(C)O[C@](C)(C[C@]1(C(F)(F)F)O4)O3)O2.ClC(Cl)Cl.[Cl-].[Cl-].[Pd+2]. The smallest absolute Gasteiger partial charge is 1.00 e. The minimum Gasteiger partial charge on any atom is -1.00 e. The summed E-state index contributed by atoms with van der Waals surface area (Å²) in [6, 6.07) is 0. The van der Waals surface area contributed by atoms with Crippen LogP contribution < -0.4 is 24.8 Å². The van der Waals surface area contributed by atoms with Crippen LogP contribution in [-0.4, -0.2) is 85.8 Å². The van der Waals surface area contributed by atoms with Crippen molar-refractivity contribution in [2.45, 2.75) is 133 Å². The predicted octanol–water partition coefficient (Wildman–Crippen LogP) is 3.97. The summed E-state index contributed by atoms with van der Waals surface area (Å²) in [6.45, 7) is 3.65. The van der Waals surface area contributed by atoms with Crippen molar-refractivity contribution in [3.8, 4) is 0 Å². The Balaban J connectivity index is 0.00000118. The molecule has 298 valence electrons. The molecule has 8 atom stereocenters. The average Bonchev–Trinajstić information content (AvgIpc) is 2.75. The van der Waals surface area contributed by atoms with E-state index in [1.807, 2.05) is 0 Å². The van der Waals surface area contributed by atoms with Gasteiger partial charge in [-0.15, -0.1) is 0 Å². The molecule has 8 heterocycles. The number of ether oxygens (including phenoxy) is 6. The van der Waals surface area contributed by atoms with Gasteiger partial charge in [-0.2, -0.15) is 52.7 Å². The molecule has 50 heavy (non-hydrogen) atoms. The van der Waals surface area contributed by atoms with Crippen LogP contribution in [0.3, 0.4) is 0 Å². The Bertz CT molecular complexity index is 1080. The molecule has 6 nitrogen and oxygen atoms in total. The molecule has 0 radical (unpaired) electrons. The van der Waals surface area contributed by atoms with E-state index >= 15 is 0 Å². The third kappa shape index (κ3) is 7.29. The molecular formula is C24H27Cl5F12O6P2Pd. The second-order valence-electron chi connectivity index (χ2n) is 12.9. The standard InChI is InChI=1S/C23H26F12O6P2.CHCl3.2ClH.Pd/c1-12-8-16(20(24,25)26)39-13(2,36-12)9-17(38-12,21(27,28)29)42(16)6-5-7-43-18(22(30,31)32)10-14(3)37-15(4,41-18)11-19(43,40-14)23(33,34)35;2-1(3)4;;;/h5-11H2,1-4H3;1H;2*1H;/q;;;;+2/p-2/t12-,13-,14-,15-,16-,17-,18-,19-;;;;/m0..../s1. The van der Waals surface area contributed by atoms with Crippen LogP contribution in [0, 0.1) is 0 Å². The first-order valence-corrected chi connectivity index (χ1v) is 18.1. The number of halogens is 17. The fraction of sp³-hybridized carbons (Fsp3) is 1.00. The van der Waals surface area contributed by atoms with Gasteiger partial charge in [0.1, 0.15) is 0 Å². The Labute approximate surface area is 321 Å². The first kappa shape index (κ1) is 48.0. The first-order chi connectivity index (χ1) is 20.8. The predicted molar refractivity (Wildman–Crippen MR) is 143 cm³/mol. The molecule has 8 bridgehead atoms. The summed E-state index contributed by atoms with van der Waals surface area (Å²) in [5.74, 6) is -9.47. The maximum atomic E-state index is 14.7. The third-order valence-corrected chi connectivity index (χ3v) is 16.0. The molecule has 0 aromatic carbocycles. The fourth-order valence-corrected chi connectivity index (χ4v) is 16.3. The number of hydrogen-bond donors (Lipinski definition) is 0. The van der Waals surface area contributed by atoms with Crippen molar-refractivity contribution >= 4 is 50.6 Å². The van der Waals surface area contributed by atoms with Crippen molar-refractivity contribution in [2.24, 2.45) is 0 Å². The summed E-state index contributed by atoms with van der Waals surface area (Å²) in [6.07, 6.45) is -29.4. The van der Waals surface area contributed by atoms with E-state index in [9.17, 15) is 52.7 Å². The van der Waals surface area contributed by atoms with Crippen LogP contribution in [-0.2, 0) is 48.8 Å². The fourth-order valence-electron chi connectivity index (χ4n) is 8.14. The zero-order valence-electron chi connectivity index (χ0n) is 25.6. The van der Waals surface area contributed by atoms with Gasteiger partial charge in [0.25, 0.3) is 0 Å². The van der Waals surface area contributed by atoms with Gasteiger partial charge < -0.3 is 53.2 Å². The molecule has 0 aromatic heterocycles. The third-order valence-electron chi connectivity index (χ3n) is 8.92. The minimum absolute atomic E-state index is 0. The van der Waals surface area contributed by atoms with Gasteiger partial charge in [0.05, 0.1) is 0 Å². The molecule has 0 N–H and O–H groups in total. The molecule has 0 unspecified atom stereocenters. The zero-order valence-corrected chi connectivity index (χ0v) is 32.7. The largest absolute Gasteiger partial charge is 2.00 e. The zero-order chi connectivity index (χ0) is 35.9. The van der Waals surface area contributed by atoms with Gasteiger partial charge in [-0.1, -0.05) is 34.8 Å². The van der Waals surface area contributed by atoms with Crippen molar-refractivity contribution in [3.05, 3.63) is 0 Å². The number of rotatable bonds is 4. The Hall–Kier alpha value is 1.89. The van der Waals surface area contributed by atoms with Crippen LogP contribution in [0.2, 0.25) is 0 Å². The van der Waals surface area contributed by atoms with Crippen molar-refractivity contribution in [1.82, 2.24) is 0 Å². The molecule has 8 rings (SSSR count). The van der Waals surface area contributed by atoms with E-state index in [0.29, 0.717) is 0 Å². The molecule has 0 spiro atoms. The van der Waals surface area contributed by atoms with E-state index in [4.69, 9.17) is 63.2 Å². The molecule has 0 saturated carbocycles. The van der Waals surface area contributed by atoms with Gasteiger partial charge in [-0.3, -0.25) is 0 Å². The molecule has 0 aliphatic carbocycles. The van der Waals surface area contributed by atoms with Crippen LogP contribution in [0.4, 0.5) is 52.7 Å². The van der Waals surface area contributed by atoms with Gasteiger partial charge >= 0.3 is 45.1 Å². The van der Waals surface area contributed by atoms with Crippen LogP contribution in [0.25, 0.3) is 0 Å². The molecule has 0 aromatic rings. The van der Waals surface area contributed by atoms with Gasteiger partial charge in [0.15, 0.2) is 48.8 Å². The van der Waals surface area contributed by atoms with Crippen LogP contribution in [0.5, 0.6) is 0 Å². The quantitative estimate of drug-likeness (QED) is 0.184. The maximum Gasteiger partial charge on any atom is 2.00 e. The maximum absolute atomic E-state index is 14.7. The Morgan fingerprint density at radius 3 is 0.820 bits per heavy atom. The van der Waals surface area contributed by atoms with E-state index in [1.54, 1.807) is 0 Å². The van der Waals surface area contributed by atoms with Gasteiger partial charge in [-0.05, 0) is 62.3 Å². The van der Waals surface area contributed by atoms with Crippen molar-refractivity contribution in [1.29, 1.82) is 0 Å². The summed E-state index contributed by atoms with van der Waals surface area (Å²) in [5.41, 5.74) is 0. The van der Waals surface area contributed by atoms with Crippen LogP contribution >= 0.6 is 50.6 Å². The molecule has 8 aliphatic heterocycles. The monoisotopic (exact) mass is 982 g/mol. The average molecular weight is 985 g/mol. The Morgan fingerprint density at radius 2 is 0.660 bits per heavy atom. The summed E-state index contributed by atoms with van der Waals surface area (Å²) in [5, 5.41) is -13.8. The second-order valence-corrected chi connectivity index (χ2v) is 20.4. The number of alkyl halides is 15. The minimum atomic E-state index is -5.41. The van der Waals surface area contributed by atoms with Crippen molar-refractivity contribution in [2.75, 3.05) is 12.3 Å². The van der Waals surface area contributed by atoms with Crippen molar-refractivity contribution in [3.63, 3.8) is 0 Å². The molecule has 26 heteroatoms. The van der Waals surface area contributed by atoms with E-state index in [0.717, 1.165) is 27.7 Å². The Morgan fingerprint density at radius 1 is 0.480 bits per heavy atom. The summed E-state index contributed by atoms with van der Waals surface area (Å²) >= 11 is 14.4. The second kappa shape index (κ2) is 13.8. The van der Waals surface area contributed by atoms with E-state index in [1.165, 1.54) is 0 Å². The summed E-state index contributed by atoms with van der Waals surface area (Å²) in [7, 11) is -7.00. The van der Waals surface area contributed by atoms with Crippen LogP contribution in [0.15, 0.2) is 0 Å². The van der Waals surface area contributed by atoms with Gasteiger partial charge in [-0.25, -0.2) is 0 Å². The summed E-state index contributed by atoms with van der Waals surface area (Å²) < 4.78 is 208. The van der Waals surface area contributed by atoms with Crippen molar-refractivity contribution < 1.29 is 126 Å². The first-order valence-electron chi connectivity index (χ1n) is 13.7. The molecule has 8 aliphatic rings. The topological polar surface area (TPSA) is 55.4 Å². The van der Waals surface area contributed by atoms with E-state index in [-0.39, 0.29) is 45.2 Å². The summed E-state index contributed by atoms with van der Waals surface area (Å²) in [4.78, 5) is 0. The van der Waals surface area contributed by atoms with Crippen LogP contribution in [0.1, 0.15) is 59.8 Å². The molecule has 8 saturated heterocycles.